The summed E-state index contributed by atoms with van der Waals surface area (Å²) in [5.74, 6) is 1.52. The van der Waals surface area contributed by atoms with Gasteiger partial charge >= 0.3 is 0 Å². The van der Waals surface area contributed by atoms with Crippen LogP contribution in [0.5, 0.6) is 11.5 Å². The van der Waals surface area contributed by atoms with Crippen molar-refractivity contribution in [2.75, 3.05) is 13.7 Å². The van der Waals surface area contributed by atoms with Gasteiger partial charge in [-0.2, -0.15) is 0 Å². The van der Waals surface area contributed by atoms with E-state index in [1.54, 1.807) is 20.1 Å². The van der Waals surface area contributed by atoms with E-state index in [1.807, 2.05) is 68.5 Å². The van der Waals surface area contributed by atoms with Crippen molar-refractivity contribution in [3.8, 4) is 11.5 Å². The summed E-state index contributed by atoms with van der Waals surface area (Å²) in [4.78, 5) is 12.6. The fourth-order valence-corrected chi connectivity index (χ4v) is 2.76. The van der Waals surface area contributed by atoms with E-state index < -0.39 is 0 Å². The molecule has 0 aliphatic rings. The molecule has 29 heavy (non-hydrogen) atoms. The first-order chi connectivity index (χ1) is 13.9. The van der Waals surface area contributed by atoms with E-state index in [0.29, 0.717) is 24.4 Å². The van der Waals surface area contributed by atoms with E-state index in [4.69, 9.17) is 15.2 Å². The van der Waals surface area contributed by atoms with E-state index in [2.05, 4.69) is 5.32 Å². The second kappa shape index (κ2) is 11.1. The molecule has 0 aliphatic heterocycles. The highest BCUT2D eigenvalue weighted by Gasteiger charge is 2.10. The van der Waals surface area contributed by atoms with Gasteiger partial charge in [-0.3, -0.25) is 4.79 Å². The Morgan fingerprint density at radius 3 is 2.66 bits per heavy atom. The van der Waals surface area contributed by atoms with Gasteiger partial charge in [0.2, 0.25) is 0 Å². The molecule has 0 aromatic heterocycles. The monoisotopic (exact) mass is 394 g/mol. The van der Waals surface area contributed by atoms with Gasteiger partial charge in [-0.1, -0.05) is 49.4 Å². The van der Waals surface area contributed by atoms with E-state index in [1.165, 1.54) is 0 Å². The van der Waals surface area contributed by atoms with Crippen molar-refractivity contribution in [3.05, 3.63) is 83.1 Å². The van der Waals surface area contributed by atoms with Crippen LogP contribution >= 0.6 is 0 Å². The third-order valence-corrected chi connectivity index (χ3v) is 4.36. The lowest BCUT2D eigenvalue weighted by Crippen LogP contribution is -2.25. The molecule has 5 nitrogen and oxygen atoms in total. The molecule has 0 saturated carbocycles. The Bertz CT molecular complexity index is 883. The van der Waals surface area contributed by atoms with E-state index >= 15 is 0 Å². The number of hydrogen-bond acceptors (Lipinski definition) is 4. The number of benzene rings is 2. The third-order valence-electron chi connectivity index (χ3n) is 4.36. The molecule has 1 unspecified atom stereocenters. The minimum absolute atomic E-state index is 0.192. The minimum atomic E-state index is -0.212. The summed E-state index contributed by atoms with van der Waals surface area (Å²) >= 11 is 0. The van der Waals surface area contributed by atoms with Gasteiger partial charge in [-0.15, -0.1) is 0 Å². The van der Waals surface area contributed by atoms with Gasteiger partial charge in [0.15, 0.2) is 0 Å². The van der Waals surface area contributed by atoms with Crippen LogP contribution in [0.1, 0.15) is 25.0 Å². The van der Waals surface area contributed by atoms with Gasteiger partial charge < -0.3 is 20.5 Å². The highest BCUT2D eigenvalue weighted by molar-refractivity contribution is 5.96. The number of allylic oxidation sites excluding steroid dienone is 1. The number of amides is 1. The van der Waals surface area contributed by atoms with Crippen LogP contribution in [0.25, 0.3) is 0 Å². The molecule has 1 atom stereocenters. The number of methoxy groups -OCH3 is 1. The van der Waals surface area contributed by atoms with Crippen molar-refractivity contribution >= 4 is 5.91 Å². The van der Waals surface area contributed by atoms with Crippen molar-refractivity contribution in [1.29, 1.82) is 0 Å². The molecule has 2 aromatic carbocycles. The lowest BCUT2D eigenvalue weighted by atomic mass is 10.1. The number of nitrogens with one attached hydrogen (secondary N) is 1. The van der Waals surface area contributed by atoms with Crippen LogP contribution in [0, 0.1) is 12.8 Å². The Hall–Kier alpha value is -3.05. The van der Waals surface area contributed by atoms with Crippen LogP contribution in [-0.2, 0) is 16.1 Å². The van der Waals surface area contributed by atoms with Crippen molar-refractivity contribution in [1.82, 2.24) is 5.32 Å². The Labute approximate surface area is 173 Å². The molecule has 2 aromatic rings. The fraction of sp³-hybridized carbons (Fsp3) is 0.292. The molecule has 5 heteroatoms. The summed E-state index contributed by atoms with van der Waals surface area (Å²) in [6.07, 6.45) is 3.68. The molecular weight excluding hydrogens is 364 g/mol. The quantitative estimate of drug-likeness (QED) is 0.486. The van der Waals surface area contributed by atoms with Gasteiger partial charge in [-0.05, 0) is 49.1 Å². The third kappa shape index (κ3) is 7.12. The highest BCUT2D eigenvalue weighted by atomic mass is 16.5. The zero-order chi connectivity index (χ0) is 21.2. The standard InChI is InChI=1S/C24H30N2O3/c1-17(16-28-4)12-13-22(19(3)25)24(27)26-15-20-9-7-10-21(14-20)29-23-11-6-5-8-18(23)2/h5-14,17H,15-16,25H2,1-4H3,(H,26,27)/b13-12-,22-19-. The van der Waals surface area contributed by atoms with E-state index in [9.17, 15) is 4.79 Å². The summed E-state index contributed by atoms with van der Waals surface area (Å²) < 4.78 is 11.1. The number of ether oxygens (including phenoxy) is 2. The maximum atomic E-state index is 12.6. The second-order valence-corrected chi connectivity index (χ2v) is 7.09. The molecule has 3 N–H and O–H groups in total. The zero-order valence-corrected chi connectivity index (χ0v) is 17.6. The van der Waals surface area contributed by atoms with Gasteiger partial charge in [0, 0.05) is 19.4 Å². The summed E-state index contributed by atoms with van der Waals surface area (Å²) in [7, 11) is 1.65. The lowest BCUT2D eigenvalue weighted by Gasteiger charge is -2.11. The van der Waals surface area contributed by atoms with Crippen LogP contribution in [0.4, 0.5) is 0 Å². The number of carbonyl (C=O) groups is 1. The first-order valence-electron chi connectivity index (χ1n) is 9.64. The largest absolute Gasteiger partial charge is 0.457 e. The Kier molecular flexibility index (Phi) is 8.49. The molecule has 2 rings (SSSR count). The first kappa shape index (κ1) is 22.2. The average molecular weight is 395 g/mol. The number of aryl methyl sites for hydroxylation is 1. The van der Waals surface area contributed by atoms with Crippen LogP contribution in [0.15, 0.2) is 72.0 Å². The van der Waals surface area contributed by atoms with Crippen molar-refractivity contribution in [3.63, 3.8) is 0 Å². The molecule has 154 valence electrons. The van der Waals surface area contributed by atoms with Gasteiger partial charge in [0.1, 0.15) is 11.5 Å². The van der Waals surface area contributed by atoms with Crippen LogP contribution in [0.2, 0.25) is 0 Å². The molecule has 0 bridgehead atoms. The topological polar surface area (TPSA) is 73.6 Å². The van der Waals surface area contributed by atoms with Gasteiger partial charge in [0.25, 0.3) is 5.91 Å². The van der Waals surface area contributed by atoms with Gasteiger partial charge in [0.05, 0.1) is 12.2 Å². The molecule has 0 saturated heterocycles. The maximum Gasteiger partial charge on any atom is 0.253 e. The SMILES string of the molecule is COCC(C)/C=C\C(C(=O)NCc1cccc(Oc2ccccc2C)c1)=C(/C)N. The van der Waals surface area contributed by atoms with E-state index in [-0.39, 0.29) is 11.8 Å². The molecule has 0 radical (unpaired) electrons. The normalized spacial score (nSPS) is 13.1. The smallest absolute Gasteiger partial charge is 0.253 e. The second-order valence-electron chi connectivity index (χ2n) is 7.09. The Balaban J connectivity index is 2.02. The number of rotatable bonds is 9. The van der Waals surface area contributed by atoms with Crippen LogP contribution < -0.4 is 15.8 Å². The highest BCUT2D eigenvalue weighted by Crippen LogP contribution is 2.25. The summed E-state index contributed by atoms with van der Waals surface area (Å²) in [6, 6.07) is 15.5. The first-order valence-corrected chi connectivity index (χ1v) is 9.64. The molecule has 0 spiro atoms. The molecule has 0 fully saturated rings. The molecule has 0 aliphatic carbocycles. The maximum absolute atomic E-state index is 12.6. The summed E-state index contributed by atoms with van der Waals surface area (Å²) in [5, 5.41) is 2.92. The van der Waals surface area contributed by atoms with Crippen molar-refractivity contribution in [2.45, 2.75) is 27.3 Å². The van der Waals surface area contributed by atoms with Gasteiger partial charge in [-0.25, -0.2) is 0 Å². The molecule has 1 amide bonds. The summed E-state index contributed by atoms with van der Waals surface area (Å²) in [6.45, 7) is 6.70. The summed E-state index contributed by atoms with van der Waals surface area (Å²) in [5.41, 5.74) is 8.84. The number of nitrogens with two attached hydrogens (primary N) is 1. The fourth-order valence-electron chi connectivity index (χ4n) is 2.76. The zero-order valence-electron chi connectivity index (χ0n) is 17.6. The molecule has 0 heterocycles. The molecular formula is C24H30N2O3. The Morgan fingerprint density at radius 2 is 1.97 bits per heavy atom. The average Bonchev–Trinajstić information content (AvgIpc) is 2.68. The minimum Gasteiger partial charge on any atom is -0.457 e. The number of hydrogen-bond donors (Lipinski definition) is 2. The van der Waals surface area contributed by atoms with Crippen LogP contribution in [0.3, 0.4) is 0 Å². The predicted molar refractivity (Wildman–Crippen MR) is 117 cm³/mol. The van der Waals surface area contributed by atoms with Crippen molar-refractivity contribution in [2.24, 2.45) is 11.7 Å². The number of carbonyl (C=O) groups excluding carboxylic acids is 1. The predicted octanol–water partition coefficient (Wildman–Crippen LogP) is 4.47. The number of para-hydroxylation sites is 1. The lowest BCUT2D eigenvalue weighted by molar-refractivity contribution is -0.117. The van der Waals surface area contributed by atoms with Crippen LogP contribution in [-0.4, -0.2) is 19.6 Å². The Morgan fingerprint density at radius 1 is 1.21 bits per heavy atom. The van der Waals surface area contributed by atoms with E-state index in [0.717, 1.165) is 22.6 Å². The van der Waals surface area contributed by atoms with Crippen molar-refractivity contribution < 1.29 is 14.3 Å².